The van der Waals surface area contributed by atoms with Crippen LogP contribution >= 0.6 is 11.6 Å². The Balaban J connectivity index is 1.63. The van der Waals surface area contributed by atoms with Crippen LogP contribution in [-0.2, 0) is 6.18 Å². The van der Waals surface area contributed by atoms with Gasteiger partial charge in [0.2, 0.25) is 0 Å². The Morgan fingerprint density at radius 1 is 1.07 bits per heavy atom. The van der Waals surface area contributed by atoms with Crippen molar-refractivity contribution < 1.29 is 27.2 Å². The maximum absolute atomic E-state index is 13.1. The average Bonchev–Trinajstić information content (AvgIpc) is 3.16. The summed E-state index contributed by atoms with van der Waals surface area (Å²) in [7, 11) is 0. The normalized spacial score (nSPS) is 15.0. The number of furan rings is 1. The van der Waals surface area contributed by atoms with Crippen molar-refractivity contribution in [2.75, 3.05) is 31.5 Å². The zero-order chi connectivity index (χ0) is 19.6. The number of rotatable bonds is 2. The molecule has 1 fully saturated rings. The lowest BCUT2D eigenvalue weighted by Gasteiger charge is -2.34. The first-order valence-corrected chi connectivity index (χ1v) is 8.39. The molecule has 1 aliphatic rings. The van der Waals surface area contributed by atoms with E-state index >= 15 is 0 Å². The van der Waals surface area contributed by atoms with Crippen LogP contribution in [0.4, 0.5) is 23.7 Å². The molecule has 6 nitrogen and oxygen atoms in total. The molecule has 10 heteroatoms. The van der Waals surface area contributed by atoms with Gasteiger partial charge in [-0.2, -0.15) is 13.2 Å². The fraction of sp³-hybridized carbons (Fsp3) is 0.294. The molecule has 0 aliphatic carbocycles. The summed E-state index contributed by atoms with van der Waals surface area (Å²) in [6.07, 6.45) is -3.26. The van der Waals surface area contributed by atoms with Crippen LogP contribution in [0.2, 0.25) is 5.02 Å². The van der Waals surface area contributed by atoms with Crippen molar-refractivity contribution in [3.05, 3.63) is 52.9 Å². The highest BCUT2D eigenvalue weighted by molar-refractivity contribution is 6.30. The number of carbonyl (C=O) groups is 2. The molecule has 2 heterocycles. The molecular weight excluding hydrogens is 387 g/mol. The minimum atomic E-state index is -4.65. The number of amides is 3. The van der Waals surface area contributed by atoms with E-state index in [1.165, 1.54) is 22.1 Å². The van der Waals surface area contributed by atoms with Crippen molar-refractivity contribution in [1.29, 1.82) is 0 Å². The Hall–Kier alpha value is -2.68. The molecule has 1 saturated heterocycles. The maximum atomic E-state index is 13.1. The highest BCUT2D eigenvalue weighted by Crippen LogP contribution is 2.36. The monoisotopic (exact) mass is 401 g/mol. The summed E-state index contributed by atoms with van der Waals surface area (Å²) in [5, 5.41) is 2.19. The van der Waals surface area contributed by atoms with E-state index in [0.29, 0.717) is 0 Å². The summed E-state index contributed by atoms with van der Waals surface area (Å²) < 4.78 is 44.4. The highest BCUT2D eigenvalue weighted by Gasteiger charge is 2.35. The summed E-state index contributed by atoms with van der Waals surface area (Å²) in [6, 6.07) is 5.61. The molecule has 0 bridgehead atoms. The molecule has 1 aromatic carbocycles. The average molecular weight is 402 g/mol. The molecular formula is C17H15ClF3N3O3. The van der Waals surface area contributed by atoms with Gasteiger partial charge in [0, 0.05) is 31.2 Å². The van der Waals surface area contributed by atoms with E-state index in [-0.39, 0.29) is 48.6 Å². The van der Waals surface area contributed by atoms with Crippen LogP contribution < -0.4 is 5.32 Å². The van der Waals surface area contributed by atoms with Gasteiger partial charge in [-0.05, 0) is 30.3 Å². The van der Waals surface area contributed by atoms with E-state index in [4.69, 9.17) is 16.0 Å². The number of alkyl halides is 3. The van der Waals surface area contributed by atoms with Gasteiger partial charge in [0.15, 0.2) is 5.76 Å². The third-order valence-corrected chi connectivity index (χ3v) is 4.35. The van der Waals surface area contributed by atoms with E-state index in [9.17, 15) is 22.8 Å². The minimum absolute atomic E-state index is 0.0784. The number of piperazine rings is 1. The van der Waals surface area contributed by atoms with Gasteiger partial charge < -0.3 is 19.5 Å². The summed E-state index contributed by atoms with van der Waals surface area (Å²) in [5.41, 5.74) is -1.39. The Labute approximate surface area is 157 Å². The van der Waals surface area contributed by atoms with Gasteiger partial charge >= 0.3 is 12.2 Å². The van der Waals surface area contributed by atoms with Gasteiger partial charge in [0.05, 0.1) is 17.5 Å². The van der Waals surface area contributed by atoms with Gasteiger partial charge in [-0.25, -0.2) is 4.79 Å². The molecule has 0 spiro atoms. The number of nitrogens with one attached hydrogen (secondary N) is 1. The fourth-order valence-electron chi connectivity index (χ4n) is 2.72. The predicted molar refractivity (Wildman–Crippen MR) is 91.7 cm³/mol. The van der Waals surface area contributed by atoms with Crippen molar-refractivity contribution in [2.45, 2.75) is 6.18 Å². The van der Waals surface area contributed by atoms with Crippen LogP contribution in [0.3, 0.4) is 0 Å². The van der Waals surface area contributed by atoms with E-state index < -0.39 is 17.8 Å². The fourth-order valence-corrected chi connectivity index (χ4v) is 2.90. The standard InChI is InChI=1S/C17H15ClF3N3O3/c18-11-3-4-13(12(10-11)17(19,20)21)22-16(26)24-7-5-23(6-8-24)15(25)14-2-1-9-27-14/h1-4,9-10H,5-8H2,(H,22,26). The van der Waals surface area contributed by atoms with Crippen molar-refractivity contribution in [3.8, 4) is 0 Å². The van der Waals surface area contributed by atoms with Gasteiger partial charge in [0.1, 0.15) is 0 Å². The SMILES string of the molecule is O=C(Nc1ccc(Cl)cc1C(F)(F)F)N1CCN(C(=O)c2ccco2)CC1. The van der Waals surface area contributed by atoms with Crippen LogP contribution in [-0.4, -0.2) is 47.9 Å². The summed E-state index contributed by atoms with van der Waals surface area (Å²) in [5.74, 6) is -0.0963. The van der Waals surface area contributed by atoms with Crippen LogP contribution in [0.25, 0.3) is 0 Å². The third kappa shape index (κ3) is 4.36. The van der Waals surface area contributed by atoms with E-state index in [0.717, 1.165) is 12.1 Å². The first-order valence-electron chi connectivity index (χ1n) is 8.01. The lowest BCUT2D eigenvalue weighted by molar-refractivity contribution is -0.136. The summed E-state index contributed by atoms with van der Waals surface area (Å²) >= 11 is 5.63. The van der Waals surface area contributed by atoms with Crippen LogP contribution in [0, 0.1) is 0 Å². The molecule has 0 saturated carbocycles. The number of anilines is 1. The Bertz CT molecular complexity index is 832. The smallest absolute Gasteiger partial charge is 0.418 e. The first-order chi connectivity index (χ1) is 12.8. The van der Waals surface area contributed by atoms with Crippen LogP contribution in [0.15, 0.2) is 41.0 Å². The Morgan fingerprint density at radius 3 is 2.33 bits per heavy atom. The molecule has 2 aromatic rings. The van der Waals surface area contributed by atoms with Gasteiger partial charge in [-0.15, -0.1) is 0 Å². The third-order valence-electron chi connectivity index (χ3n) is 4.11. The van der Waals surface area contributed by atoms with Crippen molar-refractivity contribution in [3.63, 3.8) is 0 Å². The van der Waals surface area contributed by atoms with E-state index in [1.807, 2.05) is 0 Å². The van der Waals surface area contributed by atoms with Crippen molar-refractivity contribution in [1.82, 2.24) is 9.80 Å². The lowest BCUT2D eigenvalue weighted by atomic mass is 10.1. The predicted octanol–water partition coefficient (Wildman–Crippen LogP) is 3.94. The number of urea groups is 1. The first kappa shape index (κ1) is 19.1. The number of hydrogen-bond donors (Lipinski definition) is 1. The second-order valence-electron chi connectivity index (χ2n) is 5.87. The molecule has 1 aliphatic heterocycles. The zero-order valence-corrected chi connectivity index (χ0v) is 14.7. The topological polar surface area (TPSA) is 65.8 Å². The highest BCUT2D eigenvalue weighted by atomic mass is 35.5. The molecule has 0 atom stereocenters. The number of nitrogens with zero attached hydrogens (tertiary/aromatic N) is 2. The number of carbonyl (C=O) groups excluding carboxylic acids is 2. The van der Waals surface area contributed by atoms with Crippen LogP contribution in [0.5, 0.6) is 0 Å². The van der Waals surface area contributed by atoms with Crippen molar-refractivity contribution in [2.24, 2.45) is 0 Å². The van der Waals surface area contributed by atoms with Gasteiger partial charge in [-0.3, -0.25) is 4.79 Å². The molecule has 0 unspecified atom stereocenters. The van der Waals surface area contributed by atoms with E-state index in [2.05, 4.69) is 5.32 Å². The second-order valence-corrected chi connectivity index (χ2v) is 6.31. The molecule has 27 heavy (non-hydrogen) atoms. The largest absolute Gasteiger partial charge is 0.459 e. The van der Waals surface area contributed by atoms with Gasteiger partial charge in [0.25, 0.3) is 5.91 Å². The zero-order valence-electron chi connectivity index (χ0n) is 13.9. The Kier molecular flexibility index (Phi) is 5.31. The molecule has 3 amide bonds. The molecule has 1 N–H and O–H groups in total. The second kappa shape index (κ2) is 7.51. The Morgan fingerprint density at radius 2 is 1.74 bits per heavy atom. The summed E-state index contributed by atoms with van der Waals surface area (Å²) in [4.78, 5) is 27.4. The quantitative estimate of drug-likeness (QED) is 0.828. The number of hydrogen-bond acceptors (Lipinski definition) is 3. The maximum Gasteiger partial charge on any atom is 0.418 e. The minimum Gasteiger partial charge on any atom is -0.459 e. The van der Waals surface area contributed by atoms with Crippen LogP contribution in [0.1, 0.15) is 16.1 Å². The molecule has 3 rings (SSSR count). The number of benzene rings is 1. The van der Waals surface area contributed by atoms with E-state index in [1.54, 1.807) is 12.1 Å². The molecule has 1 aromatic heterocycles. The van der Waals surface area contributed by atoms with Crippen molar-refractivity contribution >= 4 is 29.2 Å². The number of halogens is 4. The lowest BCUT2D eigenvalue weighted by Crippen LogP contribution is -2.51. The molecule has 0 radical (unpaired) electrons. The van der Waals surface area contributed by atoms with Gasteiger partial charge in [-0.1, -0.05) is 11.6 Å². The molecule has 144 valence electrons. The summed E-state index contributed by atoms with van der Waals surface area (Å²) in [6.45, 7) is 0.875.